The maximum atomic E-state index is 14.7. The number of amides is 1. The lowest BCUT2D eigenvalue weighted by Crippen LogP contribution is -2.45. The first kappa shape index (κ1) is 31.2. The molecule has 2 aromatic carbocycles. The first-order valence-corrected chi connectivity index (χ1v) is 16.6. The van der Waals surface area contributed by atoms with Gasteiger partial charge in [-0.25, -0.2) is 4.98 Å². The van der Waals surface area contributed by atoms with Gasteiger partial charge in [0.2, 0.25) is 0 Å². The van der Waals surface area contributed by atoms with Gasteiger partial charge in [0.1, 0.15) is 5.01 Å². The van der Waals surface area contributed by atoms with Crippen LogP contribution in [0.5, 0.6) is 0 Å². The van der Waals surface area contributed by atoms with Crippen LogP contribution in [-0.4, -0.2) is 32.7 Å². The normalized spacial score (nSPS) is 16.9. The number of rotatable bonds is 9. The number of pyridine rings is 1. The van der Waals surface area contributed by atoms with E-state index in [2.05, 4.69) is 45.1 Å². The summed E-state index contributed by atoms with van der Waals surface area (Å²) in [5.74, 6) is -0.0725. The van der Waals surface area contributed by atoms with Crippen LogP contribution < -0.4 is 10.9 Å². The third-order valence-corrected chi connectivity index (χ3v) is 9.39. The molecule has 4 aromatic rings. The van der Waals surface area contributed by atoms with Gasteiger partial charge in [-0.1, -0.05) is 82.5 Å². The summed E-state index contributed by atoms with van der Waals surface area (Å²) >= 11 is 7.49. The van der Waals surface area contributed by atoms with E-state index in [4.69, 9.17) is 16.6 Å². The summed E-state index contributed by atoms with van der Waals surface area (Å²) in [5.41, 5.74) is 5.96. The summed E-state index contributed by atoms with van der Waals surface area (Å²) in [6, 6.07) is 15.0. The lowest BCUT2D eigenvalue weighted by Gasteiger charge is -2.29. The van der Waals surface area contributed by atoms with E-state index in [-0.39, 0.29) is 23.4 Å². The SMILES string of the molecule is CCc1cccc(CC)c1-n1c(CC(C)C)c(C(=O)NC2CCCCC2O)cc(-c2nc(-c3ccc(Cl)cc3)cs2)c1=O. The third kappa shape index (κ3) is 6.64. The summed E-state index contributed by atoms with van der Waals surface area (Å²) in [6.07, 6.45) is 4.77. The number of aliphatic hydroxyl groups is 1. The molecule has 0 spiro atoms. The molecule has 0 aliphatic heterocycles. The molecular weight excluding hydrogens is 578 g/mol. The van der Waals surface area contributed by atoms with Crippen LogP contribution in [-0.2, 0) is 19.3 Å². The largest absolute Gasteiger partial charge is 0.391 e. The first-order valence-electron chi connectivity index (χ1n) is 15.3. The molecule has 1 saturated carbocycles. The number of hydrogen-bond donors (Lipinski definition) is 2. The van der Waals surface area contributed by atoms with Gasteiger partial charge in [-0.3, -0.25) is 14.2 Å². The highest BCUT2D eigenvalue weighted by atomic mass is 35.5. The molecule has 0 saturated heterocycles. The number of nitrogens with zero attached hydrogens (tertiary/aromatic N) is 2. The quantitative estimate of drug-likeness (QED) is 0.202. The van der Waals surface area contributed by atoms with E-state index in [9.17, 15) is 14.7 Å². The fourth-order valence-corrected chi connectivity index (χ4v) is 6.97. The minimum Gasteiger partial charge on any atom is -0.391 e. The predicted molar refractivity (Wildman–Crippen MR) is 177 cm³/mol. The molecule has 5 rings (SSSR count). The van der Waals surface area contributed by atoms with E-state index < -0.39 is 6.10 Å². The van der Waals surface area contributed by atoms with E-state index in [1.807, 2.05) is 35.7 Å². The molecule has 0 radical (unpaired) electrons. The Bertz CT molecular complexity index is 1640. The summed E-state index contributed by atoms with van der Waals surface area (Å²) in [5, 5.41) is 16.9. The van der Waals surface area contributed by atoms with Crippen molar-refractivity contribution in [1.82, 2.24) is 14.9 Å². The van der Waals surface area contributed by atoms with Crippen LogP contribution in [0.1, 0.15) is 80.6 Å². The topological polar surface area (TPSA) is 84.2 Å². The fraction of sp³-hybridized carbons (Fsp3) is 0.400. The molecule has 2 aromatic heterocycles. The van der Waals surface area contributed by atoms with Crippen LogP contribution in [0.2, 0.25) is 5.02 Å². The molecule has 2 unspecified atom stereocenters. The van der Waals surface area contributed by atoms with Gasteiger partial charge < -0.3 is 10.4 Å². The zero-order valence-corrected chi connectivity index (χ0v) is 26.9. The lowest BCUT2D eigenvalue weighted by molar-refractivity contribution is 0.0716. The average molecular weight is 618 g/mol. The number of carbonyl (C=O) groups is 1. The molecule has 6 nitrogen and oxygen atoms in total. The molecule has 226 valence electrons. The number of carbonyl (C=O) groups excluding carboxylic acids is 1. The Kier molecular flexibility index (Phi) is 9.85. The van der Waals surface area contributed by atoms with Crippen LogP contribution in [0.3, 0.4) is 0 Å². The molecule has 1 aliphatic rings. The molecule has 8 heteroatoms. The van der Waals surface area contributed by atoms with E-state index in [0.29, 0.717) is 39.7 Å². The van der Waals surface area contributed by atoms with Crippen molar-refractivity contribution in [3.8, 4) is 27.5 Å². The van der Waals surface area contributed by atoms with Gasteiger partial charge in [0.15, 0.2) is 0 Å². The van der Waals surface area contributed by atoms with Gasteiger partial charge >= 0.3 is 0 Å². The van der Waals surface area contributed by atoms with Crippen LogP contribution in [0.4, 0.5) is 0 Å². The van der Waals surface area contributed by atoms with Gasteiger partial charge in [0, 0.05) is 21.7 Å². The van der Waals surface area contributed by atoms with Crippen LogP contribution in [0.25, 0.3) is 27.5 Å². The van der Waals surface area contributed by atoms with E-state index in [0.717, 1.165) is 60.2 Å². The Balaban J connectivity index is 1.76. The number of halogens is 1. The third-order valence-electron chi connectivity index (χ3n) is 8.26. The maximum absolute atomic E-state index is 14.7. The van der Waals surface area contributed by atoms with Crippen molar-refractivity contribution >= 4 is 28.8 Å². The lowest BCUT2D eigenvalue weighted by atomic mass is 9.92. The van der Waals surface area contributed by atoms with Gasteiger partial charge in [0.05, 0.1) is 34.7 Å². The predicted octanol–water partition coefficient (Wildman–Crippen LogP) is 7.64. The second-order valence-corrected chi connectivity index (χ2v) is 13.1. The molecule has 2 atom stereocenters. The number of benzene rings is 2. The molecule has 2 heterocycles. The van der Waals surface area contributed by atoms with Crippen LogP contribution in [0, 0.1) is 5.92 Å². The zero-order chi connectivity index (χ0) is 30.7. The van der Waals surface area contributed by atoms with Crippen LogP contribution in [0.15, 0.2) is 58.7 Å². The summed E-state index contributed by atoms with van der Waals surface area (Å²) < 4.78 is 1.79. The molecule has 1 fully saturated rings. The Labute approximate surface area is 262 Å². The standard InChI is InChI=1S/C35H40ClN3O3S/c1-5-22-10-9-11-23(6-2)32(22)39-30(18-21(3)4)26(33(41)37-28-12-7-8-13-31(28)40)19-27(35(39)42)34-38-29(20-43-34)24-14-16-25(36)17-15-24/h9-11,14-17,19-21,28,31,40H,5-8,12-13,18H2,1-4H3,(H,37,41). The number of nitrogens with one attached hydrogen (secondary N) is 1. The maximum Gasteiger partial charge on any atom is 0.265 e. The van der Waals surface area contributed by atoms with Crippen molar-refractivity contribution in [1.29, 1.82) is 0 Å². The highest BCUT2D eigenvalue weighted by Gasteiger charge is 2.29. The minimum atomic E-state index is -0.579. The molecule has 43 heavy (non-hydrogen) atoms. The van der Waals surface area contributed by atoms with E-state index in [1.165, 1.54) is 11.3 Å². The molecule has 2 N–H and O–H groups in total. The monoisotopic (exact) mass is 617 g/mol. The highest BCUT2D eigenvalue weighted by molar-refractivity contribution is 7.13. The smallest absolute Gasteiger partial charge is 0.265 e. The first-order chi connectivity index (χ1) is 20.7. The van der Waals surface area contributed by atoms with Crippen molar-refractivity contribution in [2.24, 2.45) is 5.92 Å². The number of hydrogen-bond acceptors (Lipinski definition) is 5. The van der Waals surface area contributed by atoms with Crippen molar-refractivity contribution in [3.63, 3.8) is 0 Å². The Morgan fingerprint density at radius 2 is 1.77 bits per heavy atom. The molecule has 0 bridgehead atoms. The van der Waals surface area contributed by atoms with Crippen molar-refractivity contribution in [2.75, 3.05) is 0 Å². The van der Waals surface area contributed by atoms with E-state index >= 15 is 0 Å². The Morgan fingerprint density at radius 3 is 2.40 bits per heavy atom. The summed E-state index contributed by atoms with van der Waals surface area (Å²) in [7, 11) is 0. The van der Waals surface area contributed by atoms with Gasteiger partial charge in [-0.05, 0) is 67.3 Å². The zero-order valence-electron chi connectivity index (χ0n) is 25.3. The number of thiazole rings is 1. The minimum absolute atomic E-state index is 0.183. The molecular formula is C35H40ClN3O3S. The average Bonchev–Trinajstić information content (AvgIpc) is 3.48. The second-order valence-electron chi connectivity index (χ2n) is 11.8. The Hall–Kier alpha value is -3.26. The van der Waals surface area contributed by atoms with Gasteiger partial charge in [-0.2, -0.15) is 0 Å². The number of aromatic nitrogens is 2. The summed E-state index contributed by atoms with van der Waals surface area (Å²) in [4.78, 5) is 33.7. The fourth-order valence-electron chi connectivity index (χ4n) is 6.01. The molecule has 1 aliphatic carbocycles. The number of aryl methyl sites for hydroxylation is 2. The number of para-hydroxylation sites is 1. The summed E-state index contributed by atoms with van der Waals surface area (Å²) in [6.45, 7) is 8.38. The second kappa shape index (κ2) is 13.6. The van der Waals surface area contributed by atoms with Crippen molar-refractivity contribution < 1.29 is 9.90 Å². The highest BCUT2D eigenvalue weighted by Crippen LogP contribution is 2.32. The van der Waals surface area contributed by atoms with E-state index in [1.54, 1.807) is 10.6 Å². The number of aliphatic hydroxyl groups excluding tert-OH is 1. The van der Waals surface area contributed by atoms with Gasteiger partial charge in [0.25, 0.3) is 11.5 Å². The van der Waals surface area contributed by atoms with Crippen LogP contribution >= 0.6 is 22.9 Å². The van der Waals surface area contributed by atoms with Gasteiger partial charge in [-0.15, -0.1) is 11.3 Å². The molecule has 1 amide bonds. The van der Waals surface area contributed by atoms with Crippen molar-refractivity contribution in [3.05, 3.63) is 91.7 Å². The van der Waals surface area contributed by atoms with Crippen molar-refractivity contribution in [2.45, 2.75) is 84.8 Å². The Morgan fingerprint density at radius 1 is 1.09 bits per heavy atom.